The predicted molar refractivity (Wildman–Crippen MR) is 143 cm³/mol. The summed E-state index contributed by atoms with van der Waals surface area (Å²) in [6.45, 7) is 8.17. The second kappa shape index (κ2) is 10.6. The zero-order valence-electron chi connectivity index (χ0n) is 20.0. The lowest BCUT2D eigenvalue weighted by atomic mass is 9.94. The zero-order chi connectivity index (χ0) is 25.0. The van der Waals surface area contributed by atoms with Gasteiger partial charge in [0.15, 0.2) is 0 Å². The first-order chi connectivity index (χ1) is 16.0. The quantitative estimate of drug-likeness (QED) is 0.261. The number of carbonyl (C=O) groups is 2. The molecule has 0 aliphatic carbocycles. The fourth-order valence-corrected chi connectivity index (χ4v) is 7.48. The smallest absolute Gasteiger partial charge is 0.251 e. The van der Waals surface area contributed by atoms with Gasteiger partial charge in [0.05, 0.1) is 7.14 Å². The molecule has 3 rings (SSSR count). The molecule has 2 aromatic carbocycles. The van der Waals surface area contributed by atoms with Crippen LogP contribution >= 0.6 is 18.5 Å². The number of hydrogen-bond donors (Lipinski definition) is 3. The molecule has 0 aliphatic rings. The van der Waals surface area contributed by atoms with E-state index in [0.717, 1.165) is 10.4 Å². The molecule has 6 nitrogen and oxygen atoms in total. The first-order valence-corrected chi connectivity index (χ1v) is 14.2. The minimum Gasteiger partial charge on any atom is -0.398 e. The third-order valence-corrected chi connectivity index (χ3v) is 11.5. The first kappa shape index (κ1) is 25.7. The van der Waals surface area contributed by atoms with Gasteiger partial charge in [-0.3, -0.25) is 9.59 Å². The highest BCUT2D eigenvalue weighted by molar-refractivity contribution is 7.65. The molecule has 5 N–H and O–H groups in total. The third kappa shape index (κ3) is 5.43. The molecule has 0 unspecified atom stereocenters. The van der Waals surface area contributed by atoms with Gasteiger partial charge in [0.25, 0.3) is 5.91 Å². The molecule has 8 heteroatoms. The molecule has 0 saturated heterocycles. The Morgan fingerprint density at radius 2 is 1.71 bits per heavy atom. The topological polar surface area (TPSA) is 115 Å². The highest BCUT2D eigenvalue weighted by Gasteiger charge is 2.30. The van der Waals surface area contributed by atoms with Crippen LogP contribution in [0.4, 0.5) is 5.69 Å². The van der Waals surface area contributed by atoms with Crippen molar-refractivity contribution in [1.29, 1.82) is 0 Å². The van der Waals surface area contributed by atoms with Crippen molar-refractivity contribution >= 4 is 36.0 Å². The summed E-state index contributed by atoms with van der Waals surface area (Å²) in [5.41, 5.74) is 15.3. The van der Waals surface area contributed by atoms with E-state index in [9.17, 15) is 14.2 Å². The lowest BCUT2D eigenvalue weighted by Gasteiger charge is -2.26. The Labute approximate surface area is 205 Å². The molecule has 1 aromatic heterocycles. The molecule has 3 aromatic rings. The summed E-state index contributed by atoms with van der Waals surface area (Å²) in [5.74, 6) is -0.901. The Morgan fingerprint density at radius 3 is 2.29 bits per heavy atom. The Bertz CT molecular complexity index is 1220. The van der Waals surface area contributed by atoms with Gasteiger partial charge in [0, 0.05) is 51.3 Å². The van der Waals surface area contributed by atoms with Gasteiger partial charge in [-0.05, 0) is 52.9 Å². The van der Waals surface area contributed by atoms with Crippen LogP contribution in [-0.4, -0.2) is 35.8 Å². The molecule has 34 heavy (non-hydrogen) atoms. The molecular weight excluding hydrogens is 465 g/mol. The van der Waals surface area contributed by atoms with Crippen LogP contribution in [0.5, 0.6) is 0 Å². The Hall–Kier alpha value is -2.89. The molecule has 0 spiro atoms. The third-order valence-electron chi connectivity index (χ3n) is 6.19. The second-order valence-electron chi connectivity index (χ2n) is 8.93. The van der Waals surface area contributed by atoms with Gasteiger partial charge in [-0.2, -0.15) is 0 Å². The van der Waals surface area contributed by atoms with Gasteiger partial charge in [0.1, 0.15) is 0 Å². The predicted octanol–water partition coefficient (Wildman–Crippen LogP) is 5.67. The van der Waals surface area contributed by atoms with E-state index in [2.05, 4.69) is 5.32 Å². The summed E-state index contributed by atoms with van der Waals surface area (Å²) in [4.78, 5) is 26.2. The van der Waals surface area contributed by atoms with Crippen molar-refractivity contribution in [1.82, 2.24) is 5.32 Å². The maximum Gasteiger partial charge on any atom is 0.251 e. The molecule has 180 valence electrons. The number of nitrogens with one attached hydrogen (secondary N) is 1. The number of amides is 2. The Morgan fingerprint density at radius 1 is 1.00 bits per heavy atom. The van der Waals surface area contributed by atoms with Crippen molar-refractivity contribution in [2.45, 2.75) is 39.0 Å². The van der Waals surface area contributed by atoms with Crippen molar-refractivity contribution in [3.63, 3.8) is 0 Å². The highest BCUT2D eigenvalue weighted by Crippen LogP contribution is 2.54. The van der Waals surface area contributed by atoms with E-state index in [0.29, 0.717) is 35.1 Å². The standard InChI is InChI=1S/C26H32N3O3PS/c1-16(2)33(32,17(3)4)12-11-29-26(31)19-7-9-20(25(28)30)21(15-19)22-14-18(8-10-23(22)27)24-6-5-13-34-24/h5-10,13-17H,11-12,27H2,1-4H3,(H2,28,30)(H,29,31). The lowest BCUT2D eigenvalue weighted by Crippen LogP contribution is -2.28. The van der Waals surface area contributed by atoms with Crippen molar-refractivity contribution in [2.75, 3.05) is 18.4 Å². The van der Waals surface area contributed by atoms with Gasteiger partial charge in [0.2, 0.25) is 5.91 Å². The van der Waals surface area contributed by atoms with Crippen LogP contribution in [0, 0.1) is 0 Å². The van der Waals surface area contributed by atoms with Crippen LogP contribution in [-0.2, 0) is 4.57 Å². The lowest BCUT2D eigenvalue weighted by molar-refractivity contribution is 0.0953. The molecule has 0 fully saturated rings. The number of benzene rings is 2. The molecule has 1 heterocycles. The minimum atomic E-state index is -2.42. The molecule has 0 saturated carbocycles. The summed E-state index contributed by atoms with van der Waals surface area (Å²) in [6.07, 6.45) is 0.441. The number of primary amides is 1. The summed E-state index contributed by atoms with van der Waals surface area (Å²) in [7, 11) is -2.42. The first-order valence-electron chi connectivity index (χ1n) is 11.3. The largest absolute Gasteiger partial charge is 0.398 e. The Kier molecular flexibility index (Phi) is 8.01. The summed E-state index contributed by atoms with van der Waals surface area (Å²) < 4.78 is 13.2. The maximum absolute atomic E-state index is 13.2. The van der Waals surface area contributed by atoms with E-state index in [1.807, 2.05) is 57.3 Å². The Balaban J connectivity index is 1.92. The van der Waals surface area contributed by atoms with Crippen LogP contribution in [0.1, 0.15) is 48.4 Å². The molecule has 0 atom stereocenters. The van der Waals surface area contributed by atoms with Crippen LogP contribution in [0.2, 0.25) is 0 Å². The van der Waals surface area contributed by atoms with Gasteiger partial charge >= 0.3 is 0 Å². The van der Waals surface area contributed by atoms with Crippen molar-refractivity contribution < 1.29 is 14.2 Å². The fraction of sp³-hybridized carbons (Fsp3) is 0.308. The van der Waals surface area contributed by atoms with E-state index >= 15 is 0 Å². The molecule has 0 aliphatic heterocycles. The van der Waals surface area contributed by atoms with Gasteiger partial charge in [-0.1, -0.05) is 39.8 Å². The van der Waals surface area contributed by atoms with E-state index in [4.69, 9.17) is 11.5 Å². The number of nitrogens with two attached hydrogens (primary N) is 2. The number of nitrogen functional groups attached to an aromatic ring is 1. The van der Waals surface area contributed by atoms with Crippen LogP contribution in [0.25, 0.3) is 21.6 Å². The number of anilines is 1. The average molecular weight is 498 g/mol. The second-order valence-corrected chi connectivity index (χ2v) is 14.1. The van der Waals surface area contributed by atoms with Crippen LogP contribution in [0.15, 0.2) is 53.9 Å². The molecule has 0 radical (unpaired) electrons. The zero-order valence-corrected chi connectivity index (χ0v) is 21.7. The average Bonchev–Trinajstić information content (AvgIpc) is 3.33. The number of carbonyl (C=O) groups excluding carboxylic acids is 2. The highest BCUT2D eigenvalue weighted by atomic mass is 32.1. The number of rotatable bonds is 9. The van der Waals surface area contributed by atoms with Gasteiger partial charge in [-0.15, -0.1) is 11.3 Å². The van der Waals surface area contributed by atoms with E-state index in [1.54, 1.807) is 35.6 Å². The normalized spacial score (nSPS) is 11.7. The summed E-state index contributed by atoms with van der Waals surface area (Å²) in [5, 5.41) is 4.87. The van der Waals surface area contributed by atoms with Crippen molar-refractivity contribution in [3.8, 4) is 21.6 Å². The van der Waals surface area contributed by atoms with Crippen molar-refractivity contribution in [3.05, 3.63) is 65.0 Å². The summed E-state index contributed by atoms with van der Waals surface area (Å²) in [6, 6.07) is 14.4. The number of hydrogen-bond acceptors (Lipinski definition) is 5. The van der Waals surface area contributed by atoms with Crippen LogP contribution in [0.3, 0.4) is 0 Å². The monoisotopic (exact) mass is 497 g/mol. The molecular formula is C26H32N3O3PS. The van der Waals surface area contributed by atoms with Gasteiger partial charge in [-0.25, -0.2) is 0 Å². The van der Waals surface area contributed by atoms with E-state index < -0.39 is 13.0 Å². The van der Waals surface area contributed by atoms with E-state index in [1.165, 1.54) is 0 Å². The molecule has 2 amide bonds. The van der Waals surface area contributed by atoms with Crippen molar-refractivity contribution in [2.24, 2.45) is 5.73 Å². The summed E-state index contributed by atoms with van der Waals surface area (Å²) >= 11 is 1.60. The van der Waals surface area contributed by atoms with E-state index in [-0.39, 0.29) is 22.8 Å². The molecule has 0 bridgehead atoms. The number of thiophene rings is 1. The van der Waals surface area contributed by atoms with Crippen LogP contribution < -0.4 is 16.8 Å². The minimum absolute atomic E-state index is 0.0597. The van der Waals surface area contributed by atoms with Gasteiger partial charge < -0.3 is 21.3 Å². The SMILES string of the molecule is CC(C)P(=O)(CCNC(=O)c1ccc(C(N)=O)c(-c2cc(-c3cccs3)ccc2N)c1)C(C)C. The fourth-order valence-electron chi connectivity index (χ4n) is 4.07. The maximum atomic E-state index is 13.2.